The van der Waals surface area contributed by atoms with Gasteiger partial charge in [-0.3, -0.25) is 9.69 Å². The van der Waals surface area contributed by atoms with Gasteiger partial charge in [-0.05, 0) is 36.8 Å². The molecule has 0 aromatic heterocycles. The zero-order chi connectivity index (χ0) is 14.1. The molecule has 1 amide bonds. The van der Waals surface area contributed by atoms with Crippen molar-refractivity contribution in [1.82, 2.24) is 0 Å². The predicted molar refractivity (Wildman–Crippen MR) is 87.9 cm³/mol. The van der Waals surface area contributed by atoms with E-state index >= 15 is 0 Å². The number of benzene rings is 2. The first-order chi connectivity index (χ1) is 9.66. The summed E-state index contributed by atoms with van der Waals surface area (Å²) in [6.45, 7) is 1.97. The van der Waals surface area contributed by atoms with Gasteiger partial charge in [0, 0.05) is 10.2 Å². The summed E-state index contributed by atoms with van der Waals surface area (Å²) in [4.78, 5) is 14.4. The number of carbonyl (C=O) groups is 1. The number of nitrogens with zero attached hydrogens (tertiary/aromatic N) is 1. The Hall–Kier alpha value is -1.26. The summed E-state index contributed by atoms with van der Waals surface area (Å²) in [7, 11) is 0. The maximum absolute atomic E-state index is 12.5. The Morgan fingerprint density at radius 3 is 2.35 bits per heavy atom. The van der Waals surface area contributed by atoms with Gasteiger partial charge in [0.1, 0.15) is 5.37 Å². The summed E-state index contributed by atoms with van der Waals surface area (Å²) in [6.07, 6.45) is 0. The highest BCUT2D eigenvalue weighted by molar-refractivity contribution is 9.10. The first-order valence-corrected chi connectivity index (χ1v) is 8.19. The lowest BCUT2D eigenvalue weighted by molar-refractivity contribution is -0.117. The third-order valence-corrected chi connectivity index (χ3v) is 5.22. The first-order valence-electron chi connectivity index (χ1n) is 6.46. The maximum atomic E-state index is 12.5. The van der Waals surface area contributed by atoms with Gasteiger partial charge in [-0.2, -0.15) is 0 Å². The molecule has 1 saturated heterocycles. The zero-order valence-electron chi connectivity index (χ0n) is 11.0. The molecule has 0 spiro atoms. The fourth-order valence-corrected chi connectivity index (χ4v) is 3.87. The molecule has 1 fully saturated rings. The molecule has 1 aliphatic rings. The molecule has 20 heavy (non-hydrogen) atoms. The Kier molecular flexibility index (Phi) is 3.85. The van der Waals surface area contributed by atoms with Crippen molar-refractivity contribution in [3.63, 3.8) is 0 Å². The Morgan fingerprint density at radius 1 is 1.05 bits per heavy atom. The zero-order valence-corrected chi connectivity index (χ0v) is 13.4. The van der Waals surface area contributed by atoms with Crippen LogP contribution in [0.25, 0.3) is 0 Å². The minimum absolute atomic E-state index is 0.0103. The Morgan fingerprint density at radius 2 is 1.70 bits per heavy atom. The summed E-state index contributed by atoms with van der Waals surface area (Å²) in [6, 6.07) is 18.1. The van der Waals surface area contributed by atoms with E-state index in [-0.39, 0.29) is 16.5 Å². The molecule has 2 aromatic carbocycles. The van der Waals surface area contributed by atoms with Crippen LogP contribution in [0.1, 0.15) is 17.9 Å². The van der Waals surface area contributed by atoms with E-state index in [1.54, 1.807) is 11.8 Å². The van der Waals surface area contributed by atoms with Gasteiger partial charge >= 0.3 is 0 Å². The lowest BCUT2D eigenvalue weighted by Crippen LogP contribution is -2.29. The molecule has 102 valence electrons. The lowest BCUT2D eigenvalue weighted by Gasteiger charge is -2.24. The van der Waals surface area contributed by atoms with Gasteiger partial charge in [-0.25, -0.2) is 0 Å². The molecule has 1 aliphatic heterocycles. The number of halogens is 1. The molecule has 0 unspecified atom stereocenters. The second-order valence-corrected chi connectivity index (χ2v) is 7.07. The normalized spacial score (nSPS) is 22.3. The van der Waals surface area contributed by atoms with Gasteiger partial charge in [0.05, 0.1) is 5.25 Å². The quantitative estimate of drug-likeness (QED) is 0.790. The van der Waals surface area contributed by atoms with E-state index in [9.17, 15) is 4.79 Å². The van der Waals surface area contributed by atoms with E-state index in [1.165, 1.54) is 0 Å². The number of amides is 1. The monoisotopic (exact) mass is 347 g/mol. The molecular weight excluding hydrogens is 334 g/mol. The number of thioether (sulfide) groups is 1. The third kappa shape index (κ3) is 2.50. The fourth-order valence-electron chi connectivity index (χ4n) is 2.33. The summed E-state index contributed by atoms with van der Waals surface area (Å²) in [5, 5.41) is 0.0388. The van der Waals surface area contributed by atoms with E-state index in [0.29, 0.717) is 0 Å². The van der Waals surface area contributed by atoms with Crippen LogP contribution in [0.4, 0.5) is 5.69 Å². The van der Waals surface area contributed by atoms with Crippen LogP contribution >= 0.6 is 27.7 Å². The van der Waals surface area contributed by atoms with E-state index in [4.69, 9.17) is 0 Å². The van der Waals surface area contributed by atoms with E-state index in [0.717, 1.165) is 15.7 Å². The minimum Gasteiger partial charge on any atom is -0.295 e. The standard InChI is InChI=1S/C16H14BrNOS/c1-11-15(19)18(14-5-3-2-4-6-14)16(20-11)12-7-9-13(17)10-8-12/h2-11,16H,1H3/t11-,16-/m1/s1. The molecule has 3 rings (SSSR count). The number of anilines is 1. The number of carbonyl (C=O) groups excluding carboxylic acids is 1. The van der Waals surface area contributed by atoms with Crippen molar-refractivity contribution in [3.05, 3.63) is 64.6 Å². The van der Waals surface area contributed by atoms with Gasteiger partial charge in [0.15, 0.2) is 0 Å². The fraction of sp³-hybridized carbons (Fsp3) is 0.188. The van der Waals surface area contributed by atoms with Crippen molar-refractivity contribution in [2.75, 3.05) is 4.90 Å². The van der Waals surface area contributed by atoms with E-state index in [1.807, 2.05) is 54.3 Å². The molecule has 0 N–H and O–H groups in total. The van der Waals surface area contributed by atoms with Gasteiger partial charge in [-0.1, -0.05) is 46.3 Å². The predicted octanol–water partition coefficient (Wildman–Crippen LogP) is 4.62. The number of hydrogen-bond donors (Lipinski definition) is 0. The van der Waals surface area contributed by atoms with Crippen LogP contribution < -0.4 is 4.90 Å². The average molecular weight is 348 g/mol. The summed E-state index contributed by atoms with van der Waals surface area (Å²) >= 11 is 5.15. The van der Waals surface area contributed by atoms with Crippen molar-refractivity contribution in [2.45, 2.75) is 17.5 Å². The molecule has 2 aromatic rings. The molecule has 4 heteroatoms. The molecule has 0 radical (unpaired) electrons. The number of hydrogen-bond acceptors (Lipinski definition) is 2. The summed E-state index contributed by atoms with van der Waals surface area (Å²) < 4.78 is 1.05. The van der Waals surface area contributed by atoms with Gasteiger partial charge in [-0.15, -0.1) is 11.8 Å². The lowest BCUT2D eigenvalue weighted by atomic mass is 10.2. The highest BCUT2D eigenvalue weighted by atomic mass is 79.9. The largest absolute Gasteiger partial charge is 0.295 e. The SMILES string of the molecule is C[C@H]1S[C@H](c2ccc(Br)cc2)N(c2ccccc2)C1=O. The molecule has 2 atom stereocenters. The third-order valence-electron chi connectivity index (χ3n) is 3.34. The van der Waals surface area contributed by atoms with Gasteiger partial charge in [0.2, 0.25) is 5.91 Å². The average Bonchev–Trinajstić information content (AvgIpc) is 2.77. The van der Waals surface area contributed by atoms with Crippen molar-refractivity contribution in [3.8, 4) is 0 Å². The van der Waals surface area contributed by atoms with Crippen LogP contribution in [-0.2, 0) is 4.79 Å². The molecule has 0 aliphatic carbocycles. The minimum atomic E-state index is -0.0103. The second kappa shape index (κ2) is 5.62. The van der Waals surface area contributed by atoms with Crippen molar-refractivity contribution in [1.29, 1.82) is 0 Å². The van der Waals surface area contributed by atoms with Crippen LogP contribution in [0.15, 0.2) is 59.1 Å². The smallest absolute Gasteiger partial charge is 0.241 e. The van der Waals surface area contributed by atoms with Gasteiger partial charge < -0.3 is 0 Å². The number of para-hydroxylation sites is 1. The van der Waals surface area contributed by atoms with Gasteiger partial charge in [0.25, 0.3) is 0 Å². The van der Waals surface area contributed by atoms with Crippen LogP contribution in [-0.4, -0.2) is 11.2 Å². The molecule has 0 bridgehead atoms. The van der Waals surface area contributed by atoms with Crippen LogP contribution in [0.5, 0.6) is 0 Å². The Balaban J connectivity index is 2.00. The highest BCUT2D eigenvalue weighted by Crippen LogP contribution is 2.45. The van der Waals surface area contributed by atoms with Crippen LogP contribution in [0.2, 0.25) is 0 Å². The topological polar surface area (TPSA) is 20.3 Å². The molecule has 1 heterocycles. The van der Waals surface area contributed by atoms with E-state index in [2.05, 4.69) is 28.1 Å². The molecule has 2 nitrogen and oxygen atoms in total. The first kappa shape index (κ1) is 13.7. The highest BCUT2D eigenvalue weighted by Gasteiger charge is 2.39. The Labute approximate surface area is 131 Å². The van der Waals surface area contributed by atoms with Crippen molar-refractivity contribution >= 4 is 39.3 Å². The summed E-state index contributed by atoms with van der Waals surface area (Å²) in [5.41, 5.74) is 2.11. The van der Waals surface area contributed by atoms with Crippen molar-refractivity contribution in [2.24, 2.45) is 0 Å². The maximum Gasteiger partial charge on any atom is 0.241 e. The summed E-state index contributed by atoms with van der Waals surface area (Å²) in [5.74, 6) is 0.175. The second-order valence-electron chi connectivity index (χ2n) is 4.73. The van der Waals surface area contributed by atoms with Crippen LogP contribution in [0, 0.1) is 0 Å². The Bertz CT molecular complexity index is 614. The van der Waals surface area contributed by atoms with Crippen LogP contribution in [0.3, 0.4) is 0 Å². The van der Waals surface area contributed by atoms with E-state index < -0.39 is 0 Å². The number of rotatable bonds is 2. The molecular formula is C16H14BrNOS. The molecule has 0 saturated carbocycles. The van der Waals surface area contributed by atoms with Crippen molar-refractivity contribution < 1.29 is 4.79 Å².